The molecule has 0 unspecified atom stereocenters. The number of carbonyl (C=O) groups is 1. The Morgan fingerprint density at radius 2 is 2.05 bits per heavy atom. The highest BCUT2D eigenvalue weighted by Gasteiger charge is 2.09. The molecule has 0 fully saturated rings. The van der Waals surface area contributed by atoms with E-state index in [1.807, 2.05) is 12.1 Å². The number of carboxylic acids is 1. The van der Waals surface area contributed by atoms with Crippen LogP contribution in [0.1, 0.15) is 16.1 Å². The lowest BCUT2D eigenvalue weighted by Gasteiger charge is -2.09. The summed E-state index contributed by atoms with van der Waals surface area (Å²) in [5, 5.41) is 12.7. The zero-order chi connectivity index (χ0) is 13.8. The van der Waals surface area contributed by atoms with Crippen molar-refractivity contribution in [3.8, 4) is 5.75 Å². The number of rotatable bonds is 4. The number of ether oxygens (including phenoxy) is 1. The highest BCUT2D eigenvalue weighted by Crippen LogP contribution is 2.17. The van der Waals surface area contributed by atoms with E-state index in [0.717, 1.165) is 10.2 Å². The molecular formula is C13H12N2O4. The van der Waals surface area contributed by atoms with Crippen LogP contribution in [0.25, 0.3) is 0 Å². The van der Waals surface area contributed by atoms with Gasteiger partial charge in [-0.3, -0.25) is 4.79 Å². The van der Waals surface area contributed by atoms with Gasteiger partial charge in [0.1, 0.15) is 5.75 Å². The van der Waals surface area contributed by atoms with Crippen molar-refractivity contribution in [1.82, 2.24) is 9.78 Å². The van der Waals surface area contributed by atoms with E-state index in [1.54, 1.807) is 12.1 Å². The average molecular weight is 260 g/mol. The number of hydrogen-bond donors (Lipinski definition) is 1. The Morgan fingerprint density at radius 3 is 2.74 bits per heavy atom. The van der Waals surface area contributed by atoms with Crippen LogP contribution >= 0.6 is 0 Å². The van der Waals surface area contributed by atoms with Crippen LogP contribution in [0.5, 0.6) is 5.75 Å². The first-order valence-electron chi connectivity index (χ1n) is 5.55. The zero-order valence-electron chi connectivity index (χ0n) is 10.2. The van der Waals surface area contributed by atoms with Gasteiger partial charge in [0.2, 0.25) is 0 Å². The molecule has 1 heterocycles. The largest absolute Gasteiger partial charge is 0.496 e. The molecule has 0 saturated carbocycles. The van der Waals surface area contributed by atoms with Gasteiger partial charge in [-0.15, -0.1) is 0 Å². The van der Waals surface area contributed by atoms with Crippen LogP contribution in [-0.2, 0) is 6.54 Å². The SMILES string of the molecule is COc1ccccc1Cn1nc(C(=O)O)ccc1=O. The minimum absolute atomic E-state index is 0.157. The van der Waals surface area contributed by atoms with Gasteiger partial charge in [-0.05, 0) is 12.1 Å². The van der Waals surface area contributed by atoms with E-state index in [9.17, 15) is 9.59 Å². The van der Waals surface area contributed by atoms with Crippen LogP contribution in [0.4, 0.5) is 0 Å². The van der Waals surface area contributed by atoms with Gasteiger partial charge >= 0.3 is 5.97 Å². The molecule has 19 heavy (non-hydrogen) atoms. The summed E-state index contributed by atoms with van der Waals surface area (Å²) in [7, 11) is 1.53. The van der Waals surface area contributed by atoms with Gasteiger partial charge in [-0.2, -0.15) is 5.10 Å². The lowest BCUT2D eigenvalue weighted by Crippen LogP contribution is -2.25. The summed E-state index contributed by atoms with van der Waals surface area (Å²) >= 11 is 0. The Bertz CT molecular complexity index is 664. The fraction of sp³-hybridized carbons (Fsp3) is 0.154. The Labute approximate surface area is 108 Å². The summed E-state index contributed by atoms with van der Waals surface area (Å²) in [6.45, 7) is 0.157. The first-order valence-corrected chi connectivity index (χ1v) is 5.55. The smallest absolute Gasteiger partial charge is 0.356 e. The molecule has 0 aliphatic carbocycles. The minimum atomic E-state index is -1.17. The third-order valence-corrected chi connectivity index (χ3v) is 2.60. The molecular weight excluding hydrogens is 248 g/mol. The second-order valence-electron chi connectivity index (χ2n) is 3.83. The number of nitrogens with zero attached hydrogens (tertiary/aromatic N) is 2. The molecule has 98 valence electrons. The van der Waals surface area contributed by atoms with Crippen molar-refractivity contribution in [2.24, 2.45) is 0 Å². The van der Waals surface area contributed by atoms with Crippen LogP contribution < -0.4 is 10.3 Å². The second-order valence-corrected chi connectivity index (χ2v) is 3.83. The van der Waals surface area contributed by atoms with Gasteiger partial charge in [0, 0.05) is 11.6 Å². The topological polar surface area (TPSA) is 81.4 Å². The Morgan fingerprint density at radius 1 is 1.32 bits per heavy atom. The fourth-order valence-corrected chi connectivity index (χ4v) is 1.67. The van der Waals surface area contributed by atoms with E-state index in [0.29, 0.717) is 5.75 Å². The Balaban J connectivity index is 2.40. The molecule has 1 N–H and O–H groups in total. The van der Waals surface area contributed by atoms with Crippen molar-refractivity contribution in [1.29, 1.82) is 0 Å². The molecule has 0 amide bonds. The van der Waals surface area contributed by atoms with Crippen molar-refractivity contribution >= 4 is 5.97 Å². The van der Waals surface area contributed by atoms with Gasteiger partial charge in [-0.1, -0.05) is 18.2 Å². The maximum absolute atomic E-state index is 11.7. The normalized spacial score (nSPS) is 10.2. The molecule has 0 aliphatic rings. The van der Waals surface area contributed by atoms with Crippen molar-refractivity contribution in [3.63, 3.8) is 0 Å². The quantitative estimate of drug-likeness (QED) is 0.886. The number of hydrogen-bond acceptors (Lipinski definition) is 4. The van der Waals surface area contributed by atoms with Crippen molar-refractivity contribution in [2.45, 2.75) is 6.54 Å². The molecule has 2 aromatic rings. The average Bonchev–Trinajstić information content (AvgIpc) is 2.41. The van der Waals surface area contributed by atoms with Crippen molar-refractivity contribution in [3.05, 3.63) is 58.0 Å². The Kier molecular flexibility index (Phi) is 3.61. The summed E-state index contributed by atoms with van der Waals surface area (Å²) in [5.41, 5.74) is 0.215. The highest BCUT2D eigenvalue weighted by atomic mass is 16.5. The highest BCUT2D eigenvalue weighted by molar-refractivity contribution is 5.84. The van der Waals surface area contributed by atoms with Gasteiger partial charge < -0.3 is 9.84 Å². The van der Waals surface area contributed by atoms with E-state index < -0.39 is 5.97 Å². The van der Waals surface area contributed by atoms with E-state index in [1.165, 1.54) is 19.2 Å². The third-order valence-electron chi connectivity index (χ3n) is 2.60. The number of benzene rings is 1. The van der Waals surface area contributed by atoms with Crippen LogP contribution in [0.15, 0.2) is 41.2 Å². The molecule has 0 spiro atoms. The van der Waals surface area contributed by atoms with E-state index in [-0.39, 0.29) is 17.8 Å². The summed E-state index contributed by atoms with van der Waals surface area (Å²) in [5.74, 6) is -0.550. The molecule has 0 radical (unpaired) electrons. The molecule has 0 atom stereocenters. The molecule has 1 aromatic heterocycles. The number of aromatic nitrogens is 2. The third kappa shape index (κ3) is 2.79. The molecule has 2 rings (SSSR count). The van der Waals surface area contributed by atoms with Gasteiger partial charge in [-0.25, -0.2) is 9.48 Å². The number of aromatic carboxylic acids is 1. The number of carboxylic acid groups (broad SMARTS) is 1. The maximum atomic E-state index is 11.7. The monoisotopic (exact) mass is 260 g/mol. The minimum Gasteiger partial charge on any atom is -0.496 e. The van der Waals surface area contributed by atoms with Gasteiger partial charge in [0.25, 0.3) is 5.56 Å². The standard InChI is InChI=1S/C13H12N2O4/c1-19-11-5-3-2-4-9(11)8-15-12(16)7-6-10(14-15)13(17)18/h2-7H,8H2,1H3,(H,17,18). The molecule has 1 aromatic carbocycles. The van der Waals surface area contributed by atoms with Crippen LogP contribution in [0.3, 0.4) is 0 Å². The van der Waals surface area contributed by atoms with Crippen molar-refractivity contribution < 1.29 is 14.6 Å². The maximum Gasteiger partial charge on any atom is 0.356 e. The molecule has 0 bridgehead atoms. The molecule has 0 saturated heterocycles. The second kappa shape index (κ2) is 5.34. The van der Waals surface area contributed by atoms with Crippen LogP contribution in [0.2, 0.25) is 0 Å². The lowest BCUT2D eigenvalue weighted by molar-refractivity contribution is 0.0687. The van der Waals surface area contributed by atoms with Crippen molar-refractivity contribution in [2.75, 3.05) is 7.11 Å². The summed E-state index contributed by atoms with van der Waals surface area (Å²) in [6.07, 6.45) is 0. The van der Waals surface area contributed by atoms with Crippen LogP contribution in [0, 0.1) is 0 Å². The number of methoxy groups -OCH3 is 1. The van der Waals surface area contributed by atoms with E-state index in [2.05, 4.69) is 5.10 Å². The lowest BCUT2D eigenvalue weighted by atomic mass is 10.2. The van der Waals surface area contributed by atoms with Crippen LogP contribution in [-0.4, -0.2) is 28.0 Å². The molecule has 6 heteroatoms. The predicted molar refractivity (Wildman–Crippen MR) is 67.6 cm³/mol. The summed E-state index contributed by atoms with van der Waals surface area (Å²) in [4.78, 5) is 22.5. The predicted octanol–water partition coefficient (Wildman–Crippen LogP) is 0.998. The van der Waals surface area contributed by atoms with E-state index >= 15 is 0 Å². The summed E-state index contributed by atoms with van der Waals surface area (Å²) in [6, 6.07) is 9.55. The fourth-order valence-electron chi connectivity index (χ4n) is 1.67. The summed E-state index contributed by atoms with van der Waals surface area (Å²) < 4.78 is 6.27. The van der Waals surface area contributed by atoms with Gasteiger partial charge in [0.05, 0.1) is 13.7 Å². The van der Waals surface area contributed by atoms with E-state index in [4.69, 9.17) is 9.84 Å². The van der Waals surface area contributed by atoms with Gasteiger partial charge in [0.15, 0.2) is 5.69 Å². The Hall–Kier alpha value is -2.63. The molecule has 6 nitrogen and oxygen atoms in total. The number of para-hydroxylation sites is 1. The first kappa shape index (κ1) is 12.8. The molecule has 0 aliphatic heterocycles. The first-order chi connectivity index (χ1) is 9.11. The zero-order valence-corrected chi connectivity index (χ0v) is 10.2.